The van der Waals surface area contributed by atoms with Crippen LogP contribution in [0.1, 0.15) is 0 Å². The summed E-state index contributed by atoms with van der Waals surface area (Å²) >= 11 is 0. The number of hydrogen-bond donors (Lipinski definition) is 0. The van der Waals surface area contributed by atoms with E-state index in [-0.39, 0.29) is 0 Å². The zero-order chi connectivity index (χ0) is 29.0. The predicted molar refractivity (Wildman–Crippen MR) is 180 cm³/mol. The van der Waals surface area contributed by atoms with E-state index in [1.165, 1.54) is 11.1 Å². The summed E-state index contributed by atoms with van der Waals surface area (Å²) in [5, 5.41) is 4.39. The van der Waals surface area contributed by atoms with Gasteiger partial charge in [-0.1, -0.05) is 121 Å². The number of hydrogen-bond acceptors (Lipinski definition) is 3. The van der Waals surface area contributed by atoms with Crippen LogP contribution in [-0.2, 0) is 0 Å². The van der Waals surface area contributed by atoms with Crippen LogP contribution >= 0.6 is 0 Å². The van der Waals surface area contributed by atoms with Crippen LogP contribution < -0.4 is 0 Å². The summed E-state index contributed by atoms with van der Waals surface area (Å²) in [5.41, 5.74) is 9.98. The van der Waals surface area contributed by atoms with Crippen LogP contribution in [0.25, 0.3) is 83.3 Å². The van der Waals surface area contributed by atoms with Crippen molar-refractivity contribution in [3.05, 3.63) is 152 Å². The smallest absolute Gasteiger partial charge is 0.235 e. The van der Waals surface area contributed by atoms with Crippen LogP contribution in [0, 0.1) is 0 Å². The molecule has 0 aliphatic carbocycles. The van der Waals surface area contributed by atoms with Gasteiger partial charge in [-0.25, -0.2) is 9.97 Å². The summed E-state index contributed by atoms with van der Waals surface area (Å²) in [6.45, 7) is 0. The lowest BCUT2D eigenvalue weighted by molar-refractivity contribution is 0.673. The molecule has 3 aromatic heterocycles. The van der Waals surface area contributed by atoms with Crippen LogP contribution in [0.3, 0.4) is 0 Å². The van der Waals surface area contributed by atoms with Crippen molar-refractivity contribution in [1.82, 2.24) is 14.5 Å². The Labute approximate surface area is 253 Å². The van der Waals surface area contributed by atoms with Gasteiger partial charge >= 0.3 is 0 Å². The maximum Gasteiger partial charge on any atom is 0.235 e. The number of aromatic nitrogens is 3. The van der Waals surface area contributed by atoms with Crippen LogP contribution in [0.15, 0.2) is 156 Å². The molecule has 0 aliphatic rings. The lowest BCUT2D eigenvalue weighted by Crippen LogP contribution is -2.04. The van der Waals surface area contributed by atoms with Gasteiger partial charge in [0.05, 0.1) is 27.8 Å². The van der Waals surface area contributed by atoms with Gasteiger partial charge < -0.3 is 4.42 Å². The molecule has 0 saturated carbocycles. The minimum absolute atomic E-state index is 0.621. The molecule has 0 spiro atoms. The Bertz CT molecular complexity index is 2470. The number of fused-ring (bicyclic) bond motifs is 7. The van der Waals surface area contributed by atoms with Gasteiger partial charge in [0.25, 0.3) is 0 Å². The zero-order valence-corrected chi connectivity index (χ0v) is 23.7. The average molecular weight is 564 g/mol. The lowest BCUT2D eigenvalue weighted by atomic mass is 10.0. The molecule has 0 unspecified atom stereocenters. The van der Waals surface area contributed by atoms with Crippen LogP contribution in [0.2, 0.25) is 0 Å². The molecule has 0 fully saturated rings. The number of rotatable bonds is 4. The quantitative estimate of drug-likeness (QED) is 0.214. The minimum Gasteiger partial charge on any atom is -0.455 e. The monoisotopic (exact) mass is 563 g/mol. The van der Waals surface area contributed by atoms with Gasteiger partial charge in [0.2, 0.25) is 5.95 Å². The van der Waals surface area contributed by atoms with E-state index in [0.29, 0.717) is 5.95 Å². The van der Waals surface area contributed by atoms with Crippen LogP contribution in [0.4, 0.5) is 0 Å². The third kappa shape index (κ3) is 3.85. The summed E-state index contributed by atoms with van der Waals surface area (Å²) in [6.07, 6.45) is 0. The first-order valence-corrected chi connectivity index (χ1v) is 14.8. The normalized spacial score (nSPS) is 11.6. The lowest BCUT2D eigenvalue weighted by Gasteiger charge is -2.12. The van der Waals surface area contributed by atoms with Crippen molar-refractivity contribution >= 4 is 43.7 Å². The Morgan fingerprint density at radius 3 is 1.75 bits per heavy atom. The van der Waals surface area contributed by atoms with Crippen molar-refractivity contribution in [2.75, 3.05) is 0 Å². The molecule has 3 heterocycles. The van der Waals surface area contributed by atoms with E-state index >= 15 is 0 Å². The van der Waals surface area contributed by atoms with Crippen LogP contribution in [-0.4, -0.2) is 14.5 Å². The Hall–Kier alpha value is -6.00. The Balaban J connectivity index is 1.30. The molecule has 44 heavy (non-hydrogen) atoms. The van der Waals surface area contributed by atoms with Crippen molar-refractivity contribution in [3.63, 3.8) is 0 Å². The van der Waals surface area contributed by atoms with Gasteiger partial charge in [0.1, 0.15) is 11.2 Å². The van der Waals surface area contributed by atoms with Crippen molar-refractivity contribution in [2.45, 2.75) is 0 Å². The van der Waals surface area contributed by atoms with Crippen molar-refractivity contribution < 1.29 is 4.42 Å². The molecule has 0 amide bonds. The van der Waals surface area contributed by atoms with Crippen molar-refractivity contribution in [2.24, 2.45) is 0 Å². The molecule has 0 atom stereocenters. The Morgan fingerprint density at radius 1 is 0.432 bits per heavy atom. The first-order chi connectivity index (χ1) is 21.8. The molecule has 9 aromatic rings. The Kier molecular flexibility index (Phi) is 5.47. The molecular weight excluding hydrogens is 538 g/mol. The van der Waals surface area contributed by atoms with E-state index < -0.39 is 0 Å². The minimum atomic E-state index is 0.621. The van der Waals surface area contributed by atoms with Gasteiger partial charge in [0.15, 0.2) is 0 Å². The van der Waals surface area contributed by atoms with E-state index in [4.69, 9.17) is 14.4 Å². The molecule has 4 heteroatoms. The van der Waals surface area contributed by atoms with Gasteiger partial charge in [-0.2, -0.15) is 0 Å². The largest absolute Gasteiger partial charge is 0.455 e. The maximum atomic E-state index is 6.50. The van der Waals surface area contributed by atoms with E-state index in [1.54, 1.807) is 0 Å². The van der Waals surface area contributed by atoms with E-state index in [1.807, 2.05) is 36.4 Å². The number of furan rings is 1. The van der Waals surface area contributed by atoms with Gasteiger partial charge in [-0.05, 0) is 41.5 Å². The summed E-state index contributed by atoms with van der Waals surface area (Å²) in [7, 11) is 0. The summed E-state index contributed by atoms with van der Waals surface area (Å²) in [6, 6.07) is 52.4. The van der Waals surface area contributed by atoms with E-state index in [0.717, 1.165) is 66.3 Å². The summed E-state index contributed by atoms with van der Waals surface area (Å²) in [4.78, 5) is 10.4. The van der Waals surface area contributed by atoms with E-state index in [9.17, 15) is 0 Å². The molecular formula is C40H25N3O. The first kappa shape index (κ1) is 24.6. The Morgan fingerprint density at radius 2 is 1.00 bits per heavy atom. The molecule has 0 N–H and O–H groups in total. The topological polar surface area (TPSA) is 43.9 Å². The second kappa shape index (κ2) is 9.79. The molecule has 206 valence electrons. The van der Waals surface area contributed by atoms with E-state index in [2.05, 4.69) is 120 Å². The van der Waals surface area contributed by atoms with Crippen LogP contribution in [0.5, 0.6) is 0 Å². The average Bonchev–Trinajstić information content (AvgIpc) is 3.65. The third-order valence-electron chi connectivity index (χ3n) is 8.45. The SMILES string of the molecule is c1ccc(-c2ccc(-c3cc(-c4ccccc4)nc(-n4c5ccccc5c5c6oc7ccccc7c6ccc54)n3)cc2)cc1. The highest BCUT2D eigenvalue weighted by Gasteiger charge is 2.20. The molecule has 0 bridgehead atoms. The second-order valence-corrected chi connectivity index (χ2v) is 11.0. The number of nitrogens with zero attached hydrogens (tertiary/aromatic N) is 3. The number of benzene rings is 6. The maximum absolute atomic E-state index is 6.50. The van der Waals surface area contributed by atoms with Crippen molar-refractivity contribution in [3.8, 4) is 39.6 Å². The third-order valence-corrected chi connectivity index (χ3v) is 8.45. The number of para-hydroxylation sites is 2. The highest BCUT2D eigenvalue weighted by Crippen LogP contribution is 2.40. The molecule has 4 nitrogen and oxygen atoms in total. The molecule has 6 aromatic carbocycles. The fraction of sp³-hybridized carbons (Fsp3) is 0. The van der Waals surface area contributed by atoms with Gasteiger partial charge in [-0.15, -0.1) is 0 Å². The molecule has 0 saturated heterocycles. The highest BCUT2D eigenvalue weighted by atomic mass is 16.3. The molecule has 0 aliphatic heterocycles. The zero-order valence-electron chi connectivity index (χ0n) is 23.7. The molecule has 0 radical (unpaired) electrons. The summed E-state index contributed by atoms with van der Waals surface area (Å²) in [5.74, 6) is 0.621. The predicted octanol–water partition coefficient (Wildman–Crippen LogP) is 10.5. The fourth-order valence-electron chi connectivity index (χ4n) is 6.35. The standard InChI is InChI=1S/C40H25N3O/c1-3-11-26(12-4-1)27-19-21-29(22-20-27)34-25-33(28-13-5-2-6-14-28)41-40(42-34)43-35-17-9-7-16-32(35)38-36(43)24-23-31-30-15-8-10-18-37(30)44-39(31)38/h1-25H. The first-order valence-electron chi connectivity index (χ1n) is 14.8. The summed E-state index contributed by atoms with van der Waals surface area (Å²) < 4.78 is 8.67. The second-order valence-electron chi connectivity index (χ2n) is 11.0. The highest BCUT2D eigenvalue weighted by molar-refractivity contribution is 6.23. The van der Waals surface area contributed by atoms with Crippen molar-refractivity contribution in [1.29, 1.82) is 0 Å². The molecule has 9 rings (SSSR count). The fourth-order valence-corrected chi connectivity index (χ4v) is 6.35. The van der Waals surface area contributed by atoms with Gasteiger partial charge in [-0.3, -0.25) is 4.57 Å². The van der Waals surface area contributed by atoms with Gasteiger partial charge in [0, 0.05) is 27.3 Å².